The Morgan fingerprint density at radius 1 is 1.21 bits per heavy atom. The Bertz CT molecular complexity index is 339. The highest BCUT2D eigenvalue weighted by atomic mass is 32.2. The van der Waals surface area contributed by atoms with Gasteiger partial charge in [0.2, 0.25) is 0 Å². The van der Waals surface area contributed by atoms with Gasteiger partial charge in [0.15, 0.2) is 0 Å². The predicted octanol–water partition coefficient (Wildman–Crippen LogP) is 3.40. The van der Waals surface area contributed by atoms with Crippen molar-refractivity contribution in [1.82, 2.24) is 5.32 Å². The van der Waals surface area contributed by atoms with E-state index < -0.39 is 0 Å². The molecule has 0 saturated carbocycles. The van der Waals surface area contributed by atoms with E-state index in [-0.39, 0.29) is 6.61 Å². The van der Waals surface area contributed by atoms with Crippen molar-refractivity contribution in [2.45, 2.75) is 44.9 Å². The Balaban J connectivity index is 2.63. The van der Waals surface area contributed by atoms with Crippen LogP contribution in [0.4, 0.5) is 0 Å². The summed E-state index contributed by atoms with van der Waals surface area (Å²) in [5, 5.41) is 12.9. The summed E-state index contributed by atoms with van der Waals surface area (Å²) in [7, 11) is 0. The van der Waals surface area contributed by atoms with E-state index in [0.29, 0.717) is 11.3 Å². The molecule has 0 aliphatic heterocycles. The lowest BCUT2D eigenvalue weighted by molar-refractivity contribution is 0.300. The molecule has 0 fully saturated rings. The van der Waals surface area contributed by atoms with Gasteiger partial charge >= 0.3 is 0 Å². The monoisotopic (exact) mass is 281 g/mol. The van der Waals surface area contributed by atoms with Crippen molar-refractivity contribution in [2.75, 3.05) is 18.9 Å². The zero-order valence-corrected chi connectivity index (χ0v) is 13.2. The number of hydrogen-bond acceptors (Lipinski definition) is 3. The Morgan fingerprint density at radius 2 is 1.89 bits per heavy atom. The number of thioether (sulfide) groups is 1. The number of benzene rings is 1. The van der Waals surface area contributed by atoms with Crippen molar-refractivity contribution in [3.63, 3.8) is 0 Å². The number of aliphatic hydroxyl groups is 1. The quantitative estimate of drug-likeness (QED) is 0.727. The van der Waals surface area contributed by atoms with Crippen molar-refractivity contribution in [2.24, 2.45) is 0 Å². The first kappa shape index (κ1) is 16.5. The molecular formula is C16H27NOS. The summed E-state index contributed by atoms with van der Waals surface area (Å²) in [5.41, 5.74) is 2.76. The van der Waals surface area contributed by atoms with Gasteiger partial charge in [-0.2, -0.15) is 11.8 Å². The predicted molar refractivity (Wildman–Crippen MR) is 85.9 cm³/mol. The summed E-state index contributed by atoms with van der Waals surface area (Å²) in [6.07, 6.45) is 2.35. The Hall–Kier alpha value is -0.510. The van der Waals surface area contributed by atoms with E-state index in [9.17, 15) is 0 Å². The van der Waals surface area contributed by atoms with E-state index in [1.807, 2.05) is 11.8 Å². The molecular weight excluding hydrogens is 254 g/mol. The van der Waals surface area contributed by atoms with Gasteiger partial charge in [0.05, 0.1) is 6.61 Å². The van der Waals surface area contributed by atoms with Gasteiger partial charge in [0, 0.05) is 17.0 Å². The zero-order chi connectivity index (χ0) is 14.1. The highest BCUT2D eigenvalue weighted by molar-refractivity contribution is 7.99. The number of aryl methyl sites for hydroxylation is 1. The molecule has 0 aliphatic rings. The van der Waals surface area contributed by atoms with Crippen LogP contribution >= 0.6 is 11.8 Å². The molecule has 2 unspecified atom stereocenters. The van der Waals surface area contributed by atoms with E-state index in [0.717, 1.165) is 18.7 Å². The van der Waals surface area contributed by atoms with Gasteiger partial charge in [-0.1, -0.05) is 51.5 Å². The second kappa shape index (κ2) is 9.40. The van der Waals surface area contributed by atoms with Crippen LogP contribution in [0.2, 0.25) is 0 Å². The lowest BCUT2D eigenvalue weighted by Gasteiger charge is -2.20. The second-order valence-electron chi connectivity index (χ2n) is 4.93. The number of aliphatic hydroxyl groups excluding tert-OH is 1. The average Bonchev–Trinajstić information content (AvgIpc) is 2.44. The maximum Gasteiger partial charge on any atom is 0.0547 e. The lowest BCUT2D eigenvalue weighted by atomic mass is 10.0. The van der Waals surface area contributed by atoms with Gasteiger partial charge in [0.25, 0.3) is 0 Å². The van der Waals surface area contributed by atoms with Gasteiger partial charge in [0.1, 0.15) is 0 Å². The van der Waals surface area contributed by atoms with Crippen LogP contribution in [0.1, 0.15) is 44.4 Å². The molecule has 0 aromatic heterocycles. The Kier molecular flexibility index (Phi) is 8.19. The van der Waals surface area contributed by atoms with E-state index in [2.05, 4.69) is 50.4 Å². The van der Waals surface area contributed by atoms with Crippen LogP contribution in [0.25, 0.3) is 0 Å². The fourth-order valence-corrected chi connectivity index (χ4v) is 2.97. The molecule has 0 amide bonds. The molecule has 2 N–H and O–H groups in total. The molecule has 1 aromatic rings. The third-order valence-electron chi connectivity index (χ3n) is 3.18. The number of rotatable bonds is 9. The summed E-state index contributed by atoms with van der Waals surface area (Å²) in [4.78, 5) is 0. The van der Waals surface area contributed by atoms with Gasteiger partial charge in [-0.05, 0) is 24.1 Å². The topological polar surface area (TPSA) is 32.3 Å². The standard InChI is InChI=1S/C16H27NOS/c1-4-6-14-7-9-15(10-8-14)16(17-5-2)12-19-13(3)11-18/h7-10,13,16-18H,4-6,11-12H2,1-3H3. The van der Waals surface area contributed by atoms with Crippen molar-refractivity contribution >= 4 is 11.8 Å². The molecule has 108 valence electrons. The minimum atomic E-state index is 0.249. The van der Waals surface area contributed by atoms with Crippen LogP contribution in [0.15, 0.2) is 24.3 Å². The van der Waals surface area contributed by atoms with Gasteiger partial charge in [-0.15, -0.1) is 0 Å². The van der Waals surface area contributed by atoms with Gasteiger partial charge in [-0.3, -0.25) is 0 Å². The SMILES string of the molecule is CCCc1ccc(C(CSC(C)CO)NCC)cc1. The maximum absolute atomic E-state index is 9.10. The van der Waals surface area contributed by atoms with Crippen LogP contribution in [0, 0.1) is 0 Å². The molecule has 1 aromatic carbocycles. The summed E-state index contributed by atoms with van der Waals surface area (Å²) in [6.45, 7) is 7.63. The molecule has 1 rings (SSSR count). The second-order valence-corrected chi connectivity index (χ2v) is 6.40. The fraction of sp³-hybridized carbons (Fsp3) is 0.625. The smallest absolute Gasteiger partial charge is 0.0547 e. The van der Waals surface area contributed by atoms with Crippen molar-refractivity contribution < 1.29 is 5.11 Å². The molecule has 0 spiro atoms. The summed E-state index contributed by atoms with van der Waals surface area (Å²) in [5.74, 6) is 1.00. The molecule has 2 nitrogen and oxygen atoms in total. The molecule has 19 heavy (non-hydrogen) atoms. The normalized spacial score (nSPS) is 14.3. The highest BCUT2D eigenvalue weighted by Gasteiger charge is 2.12. The number of nitrogens with one attached hydrogen (secondary N) is 1. The summed E-state index contributed by atoms with van der Waals surface area (Å²) < 4.78 is 0. The first-order valence-corrected chi connectivity index (χ1v) is 8.30. The first-order valence-electron chi connectivity index (χ1n) is 7.25. The zero-order valence-electron chi connectivity index (χ0n) is 12.4. The van der Waals surface area contributed by atoms with Crippen LogP contribution in [0.3, 0.4) is 0 Å². The van der Waals surface area contributed by atoms with Crippen LogP contribution in [-0.4, -0.2) is 29.3 Å². The molecule has 3 heteroatoms. The lowest BCUT2D eigenvalue weighted by Crippen LogP contribution is -2.24. The van der Waals surface area contributed by atoms with Crippen LogP contribution in [-0.2, 0) is 6.42 Å². The largest absolute Gasteiger partial charge is 0.395 e. The maximum atomic E-state index is 9.10. The molecule has 0 bridgehead atoms. The Labute approximate surface area is 122 Å². The van der Waals surface area contributed by atoms with Gasteiger partial charge in [-0.25, -0.2) is 0 Å². The third-order valence-corrected chi connectivity index (χ3v) is 4.42. The fourth-order valence-electron chi connectivity index (χ4n) is 2.04. The molecule has 0 saturated heterocycles. The highest BCUT2D eigenvalue weighted by Crippen LogP contribution is 2.22. The van der Waals surface area contributed by atoms with Crippen molar-refractivity contribution in [3.8, 4) is 0 Å². The van der Waals surface area contributed by atoms with E-state index in [1.165, 1.54) is 17.5 Å². The Morgan fingerprint density at radius 3 is 2.42 bits per heavy atom. The average molecular weight is 281 g/mol. The van der Waals surface area contributed by atoms with Crippen LogP contribution in [0.5, 0.6) is 0 Å². The number of hydrogen-bond donors (Lipinski definition) is 2. The summed E-state index contributed by atoms with van der Waals surface area (Å²) >= 11 is 1.82. The molecule has 0 heterocycles. The van der Waals surface area contributed by atoms with E-state index >= 15 is 0 Å². The minimum absolute atomic E-state index is 0.249. The molecule has 2 atom stereocenters. The molecule has 0 radical (unpaired) electrons. The minimum Gasteiger partial charge on any atom is -0.395 e. The third kappa shape index (κ3) is 5.98. The first-order chi connectivity index (χ1) is 9.21. The van der Waals surface area contributed by atoms with Crippen molar-refractivity contribution in [1.29, 1.82) is 0 Å². The van der Waals surface area contributed by atoms with Crippen LogP contribution < -0.4 is 5.32 Å². The van der Waals surface area contributed by atoms with E-state index in [1.54, 1.807) is 0 Å². The van der Waals surface area contributed by atoms with E-state index in [4.69, 9.17) is 5.11 Å². The van der Waals surface area contributed by atoms with Gasteiger partial charge < -0.3 is 10.4 Å². The summed E-state index contributed by atoms with van der Waals surface area (Å²) in [6, 6.07) is 9.33. The molecule has 0 aliphatic carbocycles. The van der Waals surface area contributed by atoms with Crippen molar-refractivity contribution in [3.05, 3.63) is 35.4 Å².